The predicted octanol–water partition coefficient (Wildman–Crippen LogP) is 3.81. The second kappa shape index (κ2) is 9.39. The van der Waals surface area contributed by atoms with Gasteiger partial charge >= 0.3 is 5.97 Å². The third-order valence-electron chi connectivity index (χ3n) is 4.39. The molecule has 0 unspecified atom stereocenters. The minimum atomic E-state index is -1.15. The van der Waals surface area contributed by atoms with Gasteiger partial charge < -0.3 is 24.4 Å². The summed E-state index contributed by atoms with van der Waals surface area (Å²) >= 11 is 0. The Morgan fingerprint density at radius 2 is 1.67 bits per heavy atom. The molecule has 0 aliphatic carbocycles. The quantitative estimate of drug-likeness (QED) is 0.486. The minimum absolute atomic E-state index is 0.104. The van der Waals surface area contributed by atoms with Crippen LogP contribution in [0, 0.1) is 0 Å². The highest BCUT2D eigenvalue weighted by molar-refractivity contribution is 5.91. The van der Waals surface area contributed by atoms with E-state index in [9.17, 15) is 15.0 Å². The Labute approximate surface area is 159 Å². The van der Waals surface area contributed by atoms with Crippen molar-refractivity contribution in [2.75, 3.05) is 26.6 Å². The Morgan fingerprint density at radius 3 is 2.30 bits per heavy atom. The highest BCUT2D eigenvalue weighted by Crippen LogP contribution is 2.34. The zero-order chi connectivity index (χ0) is 19.9. The summed E-state index contributed by atoms with van der Waals surface area (Å²) in [7, 11) is 0. The number of ether oxygens (including phenoxy) is 3. The van der Waals surface area contributed by atoms with Crippen molar-refractivity contribution in [2.45, 2.75) is 26.2 Å². The molecule has 0 saturated carbocycles. The lowest BCUT2D eigenvalue weighted by Gasteiger charge is -2.26. The number of rotatable bonds is 10. The van der Waals surface area contributed by atoms with Crippen LogP contribution in [0.1, 0.15) is 42.3 Å². The number of aromatic hydroxyl groups is 1. The lowest BCUT2D eigenvalue weighted by atomic mass is 9.77. The van der Waals surface area contributed by atoms with Crippen LogP contribution in [0.4, 0.5) is 0 Å². The summed E-state index contributed by atoms with van der Waals surface area (Å²) in [4.78, 5) is 11.3. The van der Waals surface area contributed by atoms with E-state index in [0.29, 0.717) is 19.8 Å². The minimum Gasteiger partial charge on any atom is -0.507 e. The third kappa shape index (κ3) is 5.45. The van der Waals surface area contributed by atoms with Gasteiger partial charge in [0.2, 0.25) is 0 Å². The van der Waals surface area contributed by atoms with E-state index in [4.69, 9.17) is 14.2 Å². The first-order valence-electron chi connectivity index (χ1n) is 8.82. The normalized spacial score (nSPS) is 11.4. The van der Waals surface area contributed by atoms with Crippen molar-refractivity contribution in [1.82, 2.24) is 0 Å². The molecule has 0 atom stereocenters. The fraction of sp³-hybridized carbons (Fsp3) is 0.381. The van der Waals surface area contributed by atoms with Crippen LogP contribution in [0.3, 0.4) is 0 Å². The number of aromatic carboxylic acids is 1. The monoisotopic (exact) mass is 374 g/mol. The molecule has 0 aliphatic heterocycles. The highest BCUT2D eigenvalue weighted by Gasteiger charge is 2.25. The zero-order valence-corrected chi connectivity index (χ0v) is 15.9. The largest absolute Gasteiger partial charge is 0.507 e. The van der Waals surface area contributed by atoms with Crippen molar-refractivity contribution in [3.8, 4) is 11.5 Å². The predicted molar refractivity (Wildman–Crippen MR) is 102 cm³/mol. The van der Waals surface area contributed by atoms with Gasteiger partial charge in [-0.25, -0.2) is 4.79 Å². The van der Waals surface area contributed by atoms with Gasteiger partial charge in [0.15, 0.2) is 0 Å². The molecule has 146 valence electrons. The van der Waals surface area contributed by atoms with Crippen molar-refractivity contribution >= 4 is 5.97 Å². The topological polar surface area (TPSA) is 85.2 Å². The second-order valence-corrected chi connectivity index (χ2v) is 6.55. The number of carbonyl (C=O) groups is 1. The summed E-state index contributed by atoms with van der Waals surface area (Å²) in [5.74, 6) is -0.663. The van der Waals surface area contributed by atoms with Crippen LogP contribution < -0.4 is 4.74 Å². The third-order valence-corrected chi connectivity index (χ3v) is 4.39. The van der Waals surface area contributed by atoms with Crippen molar-refractivity contribution in [3.05, 3.63) is 59.2 Å². The van der Waals surface area contributed by atoms with Crippen molar-refractivity contribution in [1.29, 1.82) is 0 Å². The first kappa shape index (κ1) is 20.7. The van der Waals surface area contributed by atoms with Gasteiger partial charge in [0.05, 0.1) is 6.61 Å². The molecule has 2 aromatic rings. The molecule has 6 nitrogen and oxygen atoms in total. The lowest BCUT2D eigenvalue weighted by molar-refractivity contribution is -0.0561. The van der Waals surface area contributed by atoms with E-state index in [1.165, 1.54) is 12.1 Å². The molecule has 2 aromatic carbocycles. The highest BCUT2D eigenvalue weighted by atomic mass is 16.7. The van der Waals surface area contributed by atoms with Crippen LogP contribution >= 0.6 is 0 Å². The van der Waals surface area contributed by atoms with Crippen LogP contribution in [-0.4, -0.2) is 42.8 Å². The average Bonchev–Trinajstić information content (AvgIpc) is 2.65. The first-order valence-corrected chi connectivity index (χ1v) is 8.82. The molecule has 0 saturated heterocycles. The standard InChI is InChI=1S/C21H26O6/c1-4-25-14-26-11-12-27-17-8-5-15(6-9-17)21(2,3)16-7-10-19(22)18(13-16)20(23)24/h5-10,13,22H,4,11-12,14H2,1-3H3,(H,23,24). The fourth-order valence-electron chi connectivity index (χ4n) is 2.65. The number of benzene rings is 2. The molecular formula is C21H26O6. The molecule has 0 fully saturated rings. The van der Waals surface area contributed by atoms with Crippen LogP contribution in [0.5, 0.6) is 11.5 Å². The van der Waals surface area contributed by atoms with Gasteiger partial charge in [-0.3, -0.25) is 0 Å². The lowest BCUT2D eigenvalue weighted by Crippen LogP contribution is -2.19. The van der Waals surface area contributed by atoms with Gasteiger partial charge in [-0.2, -0.15) is 0 Å². The van der Waals surface area contributed by atoms with E-state index in [-0.39, 0.29) is 18.1 Å². The number of carboxylic acid groups (broad SMARTS) is 1. The molecule has 27 heavy (non-hydrogen) atoms. The zero-order valence-electron chi connectivity index (χ0n) is 15.9. The molecule has 0 radical (unpaired) electrons. The first-order chi connectivity index (χ1) is 12.9. The number of hydrogen-bond donors (Lipinski definition) is 2. The number of carboxylic acids is 1. The van der Waals surface area contributed by atoms with Crippen molar-refractivity contribution < 1.29 is 29.2 Å². The number of hydrogen-bond acceptors (Lipinski definition) is 5. The summed E-state index contributed by atoms with van der Waals surface area (Å²) in [6.07, 6.45) is 0. The Balaban J connectivity index is 2.04. The number of phenols is 1. The smallest absolute Gasteiger partial charge is 0.339 e. The van der Waals surface area contributed by atoms with Crippen LogP contribution in [0.15, 0.2) is 42.5 Å². The maximum absolute atomic E-state index is 11.3. The molecule has 0 heterocycles. The molecule has 6 heteroatoms. The second-order valence-electron chi connectivity index (χ2n) is 6.55. The van der Waals surface area contributed by atoms with Crippen LogP contribution in [0.25, 0.3) is 0 Å². The van der Waals surface area contributed by atoms with Crippen molar-refractivity contribution in [3.63, 3.8) is 0 Å². The van der Waals surface area contributed by atoms with Gasteiger partial charge in [-0.15, -0.1) is 0 Å². The Kier molecular flexibility index (Phi) is 7.21. The summed E-state index contributed by atoms with van der Waals surface area (Å²) in [6.45, 7) is 7.66. The molecule has 2 rings (SSSR count). The van der Waals surface area contributed by atoms with Gasteiger partial charge in [0.1, 0.15) is 30.5 Å². The van der Waals surface area contributed by atoms with Gasteiger partial charge in [-0.1, -0.05) is 32.0 Å². The fourth-order valence-corrected chi connectivity index (χ4v) is 2.65. The maximum Gasteiger partial charge on any atom is 0.339 e. The molecule has 0 spiro atoms. The van der Waals surface area contributed by atoms with Crippen LogP contribution in [-0.2, 0) is 14.9 Å². The molecular weight excluding hydrogens is 348 g/mol. The Morgan fingerprint density at radius 1 is 1.00 bits per heavy atom. The van der Waals surface area contributed by atoms with E-state index < -0.39 is 11.4 Å². The molecule has 0 bridgehead atoms. The molecule has 0 amide bonds. The summed E-state index contributed by atoms with van der Waals surface area (Å²) in [5, 5.41) is 18.9. The Hall–Kier alpha value is -2.57. The summed E-state index contributed by atoms with van der Waals surface area (Å²) in [5.41, 5.74) is 1.27. The van der Waals surface area contributed by atoms with Gasteiger partial charge in [-0.05, 0) is 42.3 Å². The van der Waals surface area contributed by atoms with Gasteiger partial charge in [0, 0.05) is 12.0 Å². The maximum atomic E-state index is 11.3. The van der Waals surface area contributed by atoms with E-state index >= 15 is 0 Å². The van der Waals surface area contributed by atoms with Gasteiger partial charge in [0.25, 0.3) is 0 Å². The molecule has 0 aromatic heterocycles. The van der Waals surface area contributed by atoms with E-state index in [1.54, 1.807) is 6.07 Å². The summed E-state index contributed by atoms with van der Waals surface area (Å²) < 4.78 is 16.0. The van der Waals surface area contributed by atoms with E-state index in [2.05, 4.69) is 0 Å². The molecule has 0 aliphatic rings. The summed E-state index contributed by atoms with van der Waals surface area (Å²) in [6, 6.07) is 12.3. The average molecular weight is 374 g/mol. The SMILES string of the molecule is CCOCOCCOc1ccc(C(C)(C)c2ccc(O)c(C(=O)O)c2)cc1. The van der Waals surface area contributed by atoms with Crippen LogP contribution in [0.2, 0.25) is 0 Å². The Bertz CT molecular complexity index is 752. The molecule has 2 N–H and O–H groups in total. The van der Waals surface area contributed by atoms with E-state index in [0.717, 1.165) is 16.9 Å². The van der Waals surface area contributed by atoms with Crippen molar-refractivity contribution in [2.24, 2.45) is 0 Å². The van der Waals surface area contributed by atoms with E-state index in [1.807, 2.05) is 45.0 Å².